The summed E-state index contributed by atoms with van der Waals surface area (Å²) in [5, 5.41) is 0. The van der Waals surface area contributed by atoms with Crippen LogP contribution in [0.2, 0.25) is 0 Å². The Hall–Kier alpha value is -0.120. The molecule has 23 heavy (non-hydrogen) atoms. The van der Waals surface area contributed by atoms with E-state index in [9.17, 15) is 0 Å². The normalized spacial score (nSPS) is 26.6. The van der Waals surface area contributed by atoms with Gasteiger partial charge in [-0.05, 0) is 95.5 Å². The Morgan fingerprint density at radius 2 is 1.61 bits per heavy atom. The fraction of sp³-hybridized carbons (Fsp3) is 1.00. The van der Waals surface area contributed by atoms with Crippen LogP contribution in [0.1, 0.15) is 58.8 Å². The molecule has 0 atom stereocenters. The first-order valence-corrected chi connectivity index (χ1v) is 10.2. The summed E-state index contributed by atoms with van der Waals surface area (Å²) in [7, 11) is 2.23. The molecule has 0 amide bonds. The summed E-state index contributed by atoms with van der Waals surface area (Å²) in [6.07, 6.45) is 10.0. The number of rotatable bonds is 9. The van der Waals surface area contributed by atoms with Gasteiger partial charge in [0.15, 0.2) is 0 Å². The van der Waals surface area contributed by atoms with Gasteiger partial charge < -0.3 is 14.7 Å². The lowest BCUT2D eigenvalue weighted by Crippen LogP contribution is -2.60. The molecule has 1 spiro atoms. The molecule has 3 heteroatoms. The second-order valence-corrected chi connectivity index (χ2v) is 8.94. The van der Waals surface area contributed by atoms with Crippen LogP contribution in [0.4, 0.5) is 0 Å². The Morgan fingerprint density at radius 3 is 2.17 bits per heavy atom. The highest BCUT2D eigenvalue weighted by Crippen LogP contribution is 2.50. The second-order valence-electron chi connectivity index (χ2n) is 8.94. The van der Waals surface area contributed by atoms with Crippen LogP contribution >= 0.6 is 0 Å². The molecule has 0 aromatic heterocycles. The van der Waals surface area contributed by atoms with E-state index >= 15 is 0 Å². The highest BCUT2D eigenvalue weighted by molar-refractivity contribution is 5.00. The van der Waals surface area contributed by atoms with Gasteiger partial charge in [0, 0.05) is 19.6 Å². The van der Waals surface area contributed by atoms with E-state index in [1.165, 1.54) is 97.3 Å². The van der Waals surface area contributed by atoms with Gasteiger partial charge in [-0.2, -0.15) is 0 Å². The summed E-state index contributed by atoms with van der Waals surface area (Å²) < 4.78 is 0. The van der Waals surface area contributed by atoms with Crippen molar-refractivity contribution in [3.05, 3.63) is 0 Å². The highest BCUT2D eigenvalue weighted by atomic mass is 15.2. The number of hydrogen-bond acceptors (Lipinski definition) is 3. The predicted molar refractivity (Wildman–Crippen MR) is 98.9 cm³/mol. The SMILES string of the molecule is CCN(C)CCCCN1CC2(CCN(CC3(CC)CC3)CC2)C1. The zero-order chi connectivity index (χ0) is 16.3. The maximum Gasteiger partial charge on any atom is 0.00514 e. The van der Waals surface area contributed by atoms with Gasteiger partial charge in [-0.25, -0.2) is 0 Å². The van der Waals surface area contributed by atoms with Gasteiger partial charge in [-0.15, -0.1) is 0 Å². The van der Waals surface area contributed by atoms with E-state index in [4.69, 9.17) is 0 Å². The molecule has 3 fully saturated rings. The van der Waals surface area contributed by atoms with Crippen molar-refractivity contribution >= 4 is 0 Å². The Balaban J connectivity index is 1.28. The van der Waals surface area contributed by atoms with Crippen LogP contribution in [0.25, 0.3) is 0 Å². The van der Waals surface area contributed by atoms with E-state index in [1.807, 2.05) is 0 Å². The Kier molecular flexibility index (Phi) is 5.70. The lowest BCUT2D eigenvalue weighted by Gasteiger charge is -2.54. The molecule has 2 saturated heterocycles. The van der Waals surface area contributed by atoms with E-state index in [0.29, 0.717) is 5.41 Å². The quantitative estimate of drug-likeness (QED) is 0.603. The fourth-order valence-corrected chi connectivity index (χ4v) is 4.71. The molecule has 3 aliphatic rings. The van der Waals surface area contributed by atoms with Gasteiger partial charge in [-0.1, -0.05) is 13.8 Å². The zero-order valence-corrected chi connectivity index (χ0v) is 15.9. The van der Waals surface area contributed by atoms with E-state index in [1.54, 1.807) is 0 Å². The topological polar surface area (TPSA) is 9.72 Å². The van der Waals surface area contributed by atoms with Gasteiger partial charge in [-0.3, -0.25) is 0 Å². The van der Waals surface area contributed by atoms with Crippen LogP contribution in [-0.4, -0.2) is 74.1 Å². The molecule has 0 N–H and O–H groups in total. The second kappa shape index (κ2) is 7.41. The van der Waals surface area contributed by atoms with Crippen molar-refractivity contribution in [1.29, 1.82) is 0 Å². The van der Waals surface area contributed by atoms with Gasteiger partial charge in [0.2, 0.25) is 0 Å². The van der Waals surface area contributed by atoms with Crippen molar-refractivity contribution < 1.29 is 0 Å². The Morgan fingerprint density at radius 1 is 0.913 bits per heavy atom. The van der Waals surface area contributed by atoms with Crippen molar-refractivity contribution in [3.63, 3.8) is 0 Å². The monoisotopic (exact) mass is 321 g/mol. The van der Waals surface area contributed by atoms with Crippen LogP contribution in [0, 0.1) is 10.8 Å². The molecule has 0 unspecified atom stereocenters. The largest absolute Gasteiger partial charge is 0.307 e. The summed E-state index contributed by atoms with van der Waals surface area (Å²) >= 11 is 0. The van der Waals surface area contributed by atoms with Gasteiger partial charge >= 0.3 is 0 Å². The van der Waals surface area contributed by atoms with E-state index < -0.39 is 0 Å². The summed E-state index contributed by atoms with van der Waals surface area (Å²) in [6, 6.07) is 0. The van der Waals surface area contributed by atoms with Crippen LogP contribution in [0.15, 0.2) is 0 Å². The maximum absolute atomic E-state index is 2.78. The molecule has 134 valence electrons. The molecule has 2 aliphatic heterocycles. The lowest BCUT2D eigenvalue weighted by atomic mass is 9.71. The van der Waals surface area contributed by atoms with E-state index in [-0.39, 0.29) is 0 Å². The van der Waals surface area contributed by atoms with Crippen LogP contribution < -0.4 is 0 Å². The average molecular weight is 322 g/mol. The predicted octanol–water partition coefficient (Wildman–Crippen LogP) is 3.31. The number of unbranched alkanes of at least 4 members (excludes halogenated alkanes) is 1. The Labute approximate surface area is 144 Å². The first-order chi connectivity index (χ1) is 11.1. The van der Waals surface area contributed by atoms with Crippen molar-refractivity contribution in [2.24, 2.45) is 10.8 Å². The third-order valence-corrected chi connectivity index (χ3v) is 7.10. The third-order valence-electron chi connectivity index (χ3n) is 7.10. The molecule has 3 nitrogen and oxygen atoms in total. The van der Waals surface area contributed by atoms with Gasteiger partial charge in [0.25, 0.3) is 0 Å². The smallest absolute Gasteiger partial charge is 0.00514 e. The maximum atomic E-state index is 2.78. The van der Waals surface area contributed by atoms with Crippen molar-refractivity contribution in [2.75, 3.05) is 59.4 Å². The highest BCUT2D eigenvalue weighted by Gasteiger charge is 2.47. The minimum absolute atomic E-state index is 0.708. The molecule has 1 aliphatic carbocycles. The molecule has 0 aromatic rings. The fourth-order valence-electron chi connectivity index (χ4n) is 4.71. The molecule has 3 rings (SSSR count). The van der Waals surface area contributed by atoms with Crippen LogP contribution in [-0.2, 0) is 0 Å². The summed E-state index contributed by atoms with van der Waals surface area (Å²) in [6.45, 7) is 15.3. The zero-order valence-electron chi connectivity index (χ0n) is 15.9. The van der Waals surface area contributed by atoms with E-state index in [0.717, 1.165) is 5.41 Å². The molecule has 0 radical (unpaired) electrons. The minimum atomic E-state index is 0.708. The first kappa shape index (κ1) is 17.7. The molecule has 0 bridgehead atoms. The van der Waals surface area contributed by atoms with Crippen molar-refractivity contribution in [2.45, 2.75) is 58.8 Å². The first-order valence-electron chi connectivity index (χ1n) is 10.2. The minimum Gasteiger partial charge on any atom is -0.307 e. The third kappa shape index (κ3) is 4.49. The number of hydrogen-bond donors (Lipinski definition) is 0. The molecular weight excluding hydrogens is 282 g/mol. The molecular formula is C20H39N3. The molecule has 0 aromatic carbocycles. The summed E-state index contributed by atoms with van der Waals surface area (Å²) in [5.74, 6) is 0. The molecule has 1 saturated carbocycles. The molecule has 2 heterocycles. The van der Waals surface area contributed by atoms with Crippen molar-refractivity contribution in [1.82, 2.24) is 14.7 Å². The number of likely N-dealkylation sites (tertiary alicyclic amines) is 2. The average Bonchev–Trinajstić information content (AvgIpc) is 3.31. The van der Waals surface area contributed by atoms with Crippen LogP contribution in [0.3, 0.4) is 0 Å². The standard InChI is InChI=1S/C20H39N3/c1-4-19(8-9-19)16-22-14-10-20(11-15-22)17-23(18-20)13-7-6-12-21(3)5-2/h4-18H2,1-3H3. The van der Waals surface area contributed by atoms with Gasteiger partial charge in [0.1, 0.15) is 0 Å². The van der Waals surface area contributed by atoms with Crippen LogP contribution in [0.5, 0.6) is 0 Å². The van der Waals surface area contributed by atoms with Gasteiger partial charge in [0.05, 0.1) is 0 Å². The summed E-state index contributed by atoms with van der Waals surface area (Å²) in [4.78, 5) is 7.93. The number of piperidine rings is 1. The van der Waals surface area contributed by atoms with E-state index in [2.05, 4.69) is 35.6 Å². The number of nitrogens with zero attached hydrogens (tertiary/aromatic N) is 3. The Bertz CT molecular complexity index is 361. The van der Waals surface area contributed by atoms with Crippen molar-refractivity contribution in [3.8, 4) is 0 Å². The lowest BCUT2D eigenvalue weighted by molar-refractivity contribution is -0.0497. The summed E-state index contributed by atoms with van der Waals surface area (Å²) in [5.41, 5.74) is 1.45.